The molecule has 0 radical (unpaired) electrons. The van der Waals surface area contributed by atoms with Gasteiger partial charge < -0.3 is 10.3 Å². The summed E-state index contributed by atoms with van der Waals surface area (Å²) in [4.78, 5) is 4.37. The van der Waals surface area contributed by atoms with Crippen LogP contribution in [0.1, 0.15) is 44.9 Å². The average Bonchev–Trinajstić information content (AvgIpc) is 2.90. The minimum Gasteiger partial charge on any atom is -0.339 e. The molecule has 0 aliphatic carbocycles. The second kappa shape index (κ2) is 7.13. The molecule has 2 atom stereocenters. The van der Waals surface area contributed by atoms with E-state index in [9.17, 15) is 4.39 Å². The number of hydrogen-bond acceptors (Lipinski definition) is 4. The molecule has 2 aromatic rings. The molecule has 1 aromatic heterocycles. The lowest BCUT2D eigenvalue weighted by atomic mass is 10.0. The molecular weight excluding hydrogens is 337 g/mol. The molecule has 0 aliphatic rings. The third kappa shape index (κ3) is 4.35. The van der Waals surface area contributed by atoms with Gasteiger partial charge in [-0.05, 0) is 38.0 Å². The zero-order valence-corrected chi connectivity index (χ0v) is 13.7. The van der Waals surface area contributed by atoms with E-state index in [0.29, 0.717) is 17.3 Å². The molecule has 2 rings (SSSR count). The average molecular weight is 356 g/mol. The molecule has 0 fully saturated rings. The monoisotopic (exact) mass is 355 g/mol. The van der Waals surface area contributed by atoms with Gasteiger partial charge in [0, 0.05) is 22.0 Å². The van der Waals surface area contributed by atoms with Crippen LogP contribution in [0.5, 0.6) is 0 Å². The number of nitrogens with zero attached hydrogens (tertiary/aromatic N) is 2. The van der Waals surface area contributed by atoms with E-state index in [1.165, 1.54) is 12.1 Å². The summed E-state index contributed by atoms with van der Waals surface area (Å²) in [6, 6.07) is 4.61. The molecular formula is C15H19BrFN3O. The van der Waals surface area contributed by atoms with Crippen LogP contribution in [0.3, 0.4) is 0 Å². The van der Waals surface area contributed by atoms with Gasteiger partial charge in [-0.3, -0.25) is 0 Å². The maximum atomic E-state index is 13.3. The van der Waals surface area contributed by atoms with E-state index in [1.54, 1.807) is 6.07 Å². The van der Waals surface area contributed by atoms with Crippen molar-refractivity contribution >= 4 is 15.9 Å². The van der Waals surface area contributed by atoms with Crippen molar-refractivity contribution < 1.29 is 8.91 Å². The first-order chi connectivity index (χ1) is 9.97. The Morgan fingerprint density at radius 2 is 2.10 bits per heavy atom. The Hall–Kier alpha value is -1.27. The highest BCUT2D eigenvalue weighted by molar-refractivity contribution is 9.10. The molecule has 1 heterocycles. The minimum absolute atomic E-state index is 0.164. The third-order valence-electron chi connectivity index (χ3n) is 3.33. The molecule has 0 saturated heterocycles. The molecule has 0 amide bonds. The normalized spacial score (nSPS) is 14.1. The van der Waals surface area contributed by atoms with Crippen LogP contribution in [0.4, 0.5) is 4.39 Å². The number of aromatic nitrogens is 2. The largest absolute Gasteiger partial charge is 0.339 e. The van der Waals surface area contributed by atoms with Crippen molar-refractivity contribution in [2.24, 2.45) is 5.73 Å². The quantitative estimate of drug-likeness (QED) is 0.840. The van der Waals surface area contributed by atoms with Crippen LogP contribution in [-0.4, -0.2) is 16.2 Å². The van der Waals surface area contributed by atoms with Gasteiger partial charge in [-0.2, -0.15) is 4.98 Å². The Labute approximate surface area is 132 Å². The van der Waals surface area contributed by atoms with Crippen molar-refractivity contribution in [1.82, 2.24) is 10.1 Å². The van der Waals surface area contributed by atoms with Crippen LogP contribution >= 0.6 is 15.9 Å². The van der Waals surface area contributed by atoms with Crippen LogP contribution in [0.2, 0.25) is 0 Å². The fourth-order valence-electron chi connectivity index (χ4n) is 2.08. The molecule has 1 aromatic carbocycles. The van der Waals surface area contributed by atoms with Crippen molar-refractivity contribution in [3.8, 4) is 11.4 Å². The van der Waals surface area contributed by atoms with Crippen LogP contribution in [0, 0.1) is 5.82 Å². The summed E-state index contributed by atoms with van der Waals surface area (Å²) in [6.45, 7) is 4.04. The van der Waals surface area contributed by atoms with Gasteiger partial charge in [-0.1, -0.05) is 34.4 Å². The predicted molar refractivity (Wildman–Crippen MR) is 83.3 cm³/mol. The van der Waals surface area contributed by atoms with Crippen molar-refractivity contribution in [2.45, 2.75) is 45.1 Å². The maximum absolute atomic E-state index is 13.3. The third-order valence-corrected chi connectivity index (χ3v) is 4.02. The number of nitrogens with two attached hydrogens (primary N) is 1. The molecule has 0 saturated carbocycles. The molecule has 114 valence electrons. The molecule has 0 bridgehead atoms. The molecule has 2 N–H and O–H groups in total. The lowest BCUT2D eigenvalue weighted by Gasteiger charge is -2.07. The van der Waals surface area contributed by atoms with Crippen molar-refractivity contribution in [2.75, 3.05) is 0 Å². The van der Waals surface area contributed by atoms with Crippen molar-refractivity contribution in [3.05, 3.63) is 34.4 Å². The fourth-order valence-corrected chi connectivity index (χ4v) is 2.51. The molecule has 0 aliphatic heterocycles. The first-order valence-corrected chi connectivity index (χ1v) is 7.81. The van der Waals surface area contributed by atoms with Gasteiger partial charge >= 0.3 is 0 Å². The minimum atomic E-state index is -0.329. The molecule has 2 unspecified atom stereocenters. The number of benzene rings is 1. The highest BCUT2D eigenvalue weighted by atomic mass is 79.9. The first kappa shape index (κ1) is 16.1. The fraction of sp³-hybridized carbons (Fsp3) is 0.467. The highest BCUT2D eigenvalue weighted by Crippen LogP contribution is 2.29. The molecule has 6 heteroatoms. The van der Waals surface area contributed by atoms with Gasteiger partial charge in [0.1, 0.15) is 5.82 Å². The molecule has 21 heavy (non-hydrogen) atoms. The highest BCUT2D eigenvalue weighted by Gasteiger charge is 2.17. The predicted octanol–water partition coefficient (Wildman–Crippen LogP) is 4.26. The summed E-state index contributed by atoms with van der Waals surface area (Å²) >= 11 is 3.37. The maximum Gasteiger partial charge on any atom is 0.229 e. The van der Waals surface area contributed by atoms with Crippen LogP contribution in [0.25, 0.3) is 11.4 Å². The van der Waals surface area contributed by atoms with Gasteiger partial charge in [0.2, 0.25) is 11.7 Å². The van der Waals surface area contributed by atoms with Crippen LogP contribution in [-0.2, 0) is 0 Å². The standard InChI is InChI=1S/C15H19BrFN3O/c1-9(4-3-5-10(2)18)15-19-14(20-21-15)12-8-11(17)6-7-13(12)16/h6-10H,3-5,18H2,1-2H3. The first-order valence-electron chi connectivity index (χ1n) is 7.02. The van der Waals surface area contributed by atoms with E-state index in [1.807, 2.05) is 13.8 Å². The van der Waals surface area contributed by atoms with Gasteiger partial charge in [0.15, 0.2) is 0 Å². The Balaban J connectivity index is 2.08. The van der Waals surface area contributed by atoms with Crippen molar-refractivity contribution in [1.29, 1.82) is 0 Å². The van der Waals surface area contributed by atoms with E-state index in [2.05, 4.69) is 26.1 Å². The summed E-state index contributed by atoms with van der Waals surface area (Å²) in [7, 11) is 0. The SMILES string of the molecule is CC(N)CCCC(C)c1nc(-c2cc(F)ccc2Br)no1. The van der Waals surface area contributed by atoms with E-state index in [0.717, 1.165) is 23.7 Å². The number of halogens is 2. The van der Waals surface area contributed by atoms with Gasteiger partial charge in [0.25, 0.3) is 0 Å². The topological polar surface area (TPSA) is 64.9 Å². The van der Waals surface area contributed by atoms with E-state index in [4.69, 9.17) is 10.3 Å². The van der Waals surface area contributed by atoms with E-state index in [-0.39, 0.29) is 17.8 Å². The lowest BCUT2D eigenvalue weighted by molar-refractivity contribution is 0.350. The van der Waals surface area contributed by atoms with E-state index >= 15 is 0 Å². The smallest absolute Gasteiger partial charge is 0.229 e. The number of rotatable bonds is 6. The van der Waals surface area contributed by atoms with Gasteiger partial charge in [-0.15, -0.1) is 0 Å². The lowest BCUT2D eigenvalue weighted by Crippen LogP contribution is -2.14. The Bertz CT molecular complexity index is 600. The van der Waals surface area contributed by atoms with Gasteiger partial charge in [-0.25, -0.2) is 4.39 Å². The second-order valence-electron chi connectivity index (χ2n) is 5.39. The summed E-state index contributed by atoms with van der Waals surface area (Å²) in [5.74, 6) is 0.808. The Morgan fingerprint density at radius 3 is 2.81 bits per heavy atom. The molecule has 4 nitrogen and oxygen atoms in total. The zero-order chi connectivity index (χ0) is 15.4. The second-order valence-corrected chi connectivity index (χ2v) is 6.24. The Morgan fingerprint density at radius 1 is 1.33 bits per heavy atom. The zero-order valence-electron chi connectivity index (χ0n) is 12.1. The van der Waals surface area contributed by atoms with Crippen LogP contribution in [0.15, 0.2) is 27.2 Å². The Kier molecular flexibility index (Phi) is 5.47. The summed E-state index contributed by atoms with van der Waals surface area (Å²) in [5, 5.41) is 3.95. The summed E-state index contributed by atoms with van der Waals surface area (Å²) in [5.41, 5.74) is 6.33. The van der Waals surface area contributed by atoms with Gasteiger partial charge in [0.05, 0.1) is 0 Å². The van der Waals surface area contributed by atoms with Crippen molar-refractivity contribution in [3.63, 3.8) is 0 Å². The molecule has 0 spiro atoms. The number of hydrogen-bond donors (Lipinski definition) is 1. The van der Waals surface area contributed by atoms with E-state index < -0.39 is 0 Å². The summed E-state index contributed by atoms with van der Waals surface area (Å²) in [6.07, 6.45) is 2.93. The van der Waals surface area contributed by atoms with Crippen LogP contribution < -0.4 is 5.73 Å². The summed E-state index contributed by atoms with van der Waals surface area (Å²) < 4.78 is 19.4.